The van der Waals surface area contributed by atoms with Crippen LogP contribution in [0.15, 0.2) is 39.4 Å². The van der Waals surface area contributed by atoms with Crippen LogP contribution in [0.2, 0.25) is 0 Å². The van der Waals surface area contributed by atoms with Crippen LogP contribution in [0.1, 0.15) is 12.3 Å². The molecule has 0 saturated carbocycles. The average Bonchev–Trinajstić information content (AvgIpc) is 2.76. The van der Waals surface area contributed by atoms with E-state index in [-0.39, 0.29) is 6.61 Å². The van der Waals surface area contributed by atoms with Gasteiger partial charge in [0.2, 0.25) is 0 Å². The molecule has 0 amide bonds. The summed E-state index contributed by atoms with van der Waals surface area (Å²) in [4.78, 5) is 4.16. The maximum Gasteiger partial charge on any atom is 0.194 e. The molecule has 0 bridgehead atoms. The van der Waals surface area contributed by atoms with Crippen molar-refractivity contribution in [3.8, 4) is 11.3 Å². The topological polar surface area (TPSA) is 46.3 Å². The number of aliphatic hydroxyl groups is 1. The Kier molecular flexibility index (Phi) is 3.74. The smallest absolute Gasteiger partial charge is 0.194 e. The zero-order valence-corrected chi connectivity index (χ0v) is 10.3. The van der Waals surface area contributed by atoms with Gasteiger partial charge >= 0.3 is 0 Å². The highest BCUT2D eigenvalue weighted by Gasteiger charge is 2.05. The van der Waals surface area contributed by atoms with E-state index in [2.05, 4.69) is 20.9 Å². The van der Waals surface area contributed by atoms with Gasteiger partial charge in [0.15, 0.2) is 11.7 Å². The summed E-state index contributed by atoms with van der Waals surface area (Å²) in [6.45, 7) is 0.163. The Morgan fingerprint density at radius 1 is 1.25 bits per heavy atom. The molecule has 0 radical (unpaired) electrons. The number of aliphatic hydroxyl groups excluding tert-OH is 1. The highest BCUT2D eigenvalue weighted by Crippen LogP contribution is 2.22. The van der Waals surface area contributed by atoms with Gasteiger partial charge in [-0.25, -0.2) is 4.98 Å². The quantitative estimate of drug-likeness (QED) is 0.937. The number of halogens is 1. The monoisotopic (exact) mass is 281 g/mol. The first-order valence-electron chi connectivity index (χ1n) is 5.11. The van der Waals surface area contributed by atoms with E-state index in [1.165, 1.54) is 0 Å². The summed E-state index contributed by atoms with van der Waals surface area (Å²) in [7, 11) is 0. The fourth-order valence-corrected chi connectivity index (χ4v) is 1.67. The van der Waals surface area contributed by atoms with Gasteiger partial charge in [-0.1, -0.05) is 28.1 Å². The van der Waals surface area contributed by atoms with Crippen molar-refractivity contribution in [2.45, 2.75) is 12.8 Å². The van der Waals surface area contributed by atoms with Crippen molar-refractivity contribution in [1.29, 1.82) is 0 Å². The zero-order chi connectivity index (χ0) is 11.4. The van der Waals surface area contributed by atoms with Crippen LogP contribution in [0.4, 0.5) is 0 Å². The largest absolute Gasteiger partial charge is 0.441 e. The highest BCUT2D eigenvalue weighted by molar-refractivity contribution is 9.10. The molecule has 0 aliphatic carbocycles. The second-order valence-corrected chi connectivity index (χ2v) is 4.37. The van der Waals surface area contributed by atoms with Crippen molar-refractivity contribution in [2.24, 2.45) is 0 Å². The number of hydrogen-bond acceptors (Lipinski definition) is 3. The molecule has 1 aromatic carbocycles. The van der Waals surface area contributed by atoms with Crippen LogP contribution < -0.4 is 0 Å². The van der Waals surface area contributed by atoms with Crippen LogP contribution in [-0.4, -0.2) is 16.7 Å². The Labute approximate surface area is 102 Å². The lowest BCUT2D eigenvalue weighted by Crippen LogP contribution is -1.88. The molecule has 4 heteroatoms. The Bertz CT molecular complexity index is 450. The summed E-state index contributed by atoms with van der Waals surface area (Å²) >= 11 is 3.38. The lowest BCUT2D eigenvalue weighted by Gasteiger charge is -1.96. The molecule has 0 saturated heterocycles. The van der Waals surface area contributed by atoms with Gasteiger partial charge in [-0.2, -0.15) is 0 Å². The molecule has 1 N–H and O–H groups in total. The van der Waals surface area contributed by atoms with Gasteiger partial charge in [0.05, 0.1) is 6.20 Å². The molecule has 2 rings (SSSR count). The molecule has 16 heavy (non-hydrogen) atoms. The maximum atomic E-state index is 8.71. The van der Waals surface area contributed by atoms with E-state index in [1.54, 1.807) is 6.20 Å². The molecule has 0 fully saturated rings. The molecular weight excluding hydrogens is 270 g/mol. The van der Waals surface area contributed by atoms with Crippen LogP contribution in [0, 0.1) is 0 Å². The molecule has 0 aliphatic heterocycles. The zero-order valence-electron chi connectivity index (χ0n) is 8.69. The van der Waals surface area contributed by atoms with Gasteiger partial charge in [0, 0.05) is 23.1 Å². The molecule has 84 valence electrons. The van der Waals surface area contributed by atoms with Gasteiger partial charge in [0.1, 0.15) is 0 Å². The molecule has 0 spiro atoms. The number of benzene rings is 1. The maximum absolute atomic E-state index is 8.71. The van der Waals surface area contributed by atoms with Crippen LogP contribution in [0.3, 0.4) is 0 Å². The first-order chi connectivity index (χ1) is 7.79. The van der Waals surface area contributed by atoms with Crippen molar-refractivity contribution >= 4 is 15.9 Å². The predicted molar refractivity (Wildman–Crippen MR) is 65.0 cm³/mol. The summed E-state index contributed by atoms with van der Waals surface area (Å²) in [6.07, 6.45) is 3.07. The van der Waals surface area contributed by atoms with Crippen molar-refractivity contribution in [2.75, 3.05) is 6.61 Å². The first-order valence-corrected chi connectivity index (χ1v) is 5.90. The third-order valence-electron chi connectivity index (χ3n) is 2.23. The van der Waals surface area contributed by atoms with E-state index in [1.807, 2.05) is 24.3 Å². The molecule has 3 nitrogen and oxygen atoms in total. The number of aromatic nitrogens is 1. The summed E-state index contributed by atoms with van der Waals surface area (Å²) in [5.74, 6) is 1.44. The average molecular weight is 282 g/mol. The second kappa shape index (κ2) is 5.27. The van der Waals surface area contributed by atoms with Crippen molar-refractivity contribution in [1.82, 2.24) is 4.98 Å². The van der Waals surface area contributed by atoms with Gasteiger partial charge < -0.3 is 9.52 Å². The third kappa shape index (κ3) is 2.71. The summed E-state index contributed by atoms with van der Waals surface area (Å²) in [5, 5.41) is 8.71. The minimum Gasteiger partial charge on any atom is -0.441 e. The number of aryl methyl sites for hydroxylation is 1. The van der Waals surface area contributed by atoms with Gasteiger partial charge in [-0.3, -0.25) is 0 Å². The minimum atomic E-state index is 0.163. The molecular formula is C12H12BrNO2. The SMILES string of the molecule is OCCCc1ncc(-c2ccc(Br)cc2)o1. The van der Waals surface area contributed by atoms with E-state index in [4.69, 9.17) is 9.52 Å². The Morgan fingerprint density at radius 3 is 2.69 bits per heavy atom. The van der Waals surface area contributed by atoms with Gasteiger partial charge in [0.25, 0.3) is 0 Å². The van der Waals surface area contributed by atoms with Crippen molar-refractivity contribution in [3.05, 3.63) is 40.8 Å². The fraction of sp³-hybridized carbons (Fsp3) is 0.250. The van der Waals surface area contributed by atoms with Gasteiger partial charge in [-0.15, -0.1) is 0 Å². The van der Waals surface area contributed by atoms with Crippen molar-refractivity contribution in [3.63, 3.8) is 0 Å². The van der Waals surface area contributed by atoms with Crippen LogP contribution >= 0.6 is 15.9 Å². The number of rotatable bonds is 4. The number of oxazole rings is 1. The summed E-state index contributed by atoms with van der Waals surface area (Å²) in [6, 6.07) is 7.87. The van der Waals surface area contributed by atoms with Gasteiger partial charge in [-0.05, 0) is 18.6 Å². The van der Waals surface area contributed by atoms with E-state index >= 15 is 0 Å². The lowest BCUT2D eigenvalue weighted by molar-refractivity contribution is 0.283. The standard InChI is InChI=1S/C12H12BrNO2/c13-10-5-3-9(4-6-10)11-8-14-12(16-11)2-1-7-15/h3-6,8,15H,1-2,7H2. The van der Waals surface area contributed by atoms with E-state index < -0.39 is 0 Å². The first kappa shape index (κ1) is 11.4. The minimum absolute atomic E-state index is 0.163. The summed E-state index contributed by atoms with van der Waals surface area (Å²) in [5.41, 5.74) is 1.01. The highest BCUT2D eigenvalue weighted by atomic mass is 79.9. The Morgan fingerprint density at radius 2 is 2.00 bits per heavy atom. The number of nitrogens with zero attached hydrogens (tertiary/aromatic N) is 1. The normalized spacial score (nSPS) is 10.6. The molecule has 1 aromatic heterocycles. The van der Waals surface area contributed by atoms with Crippen molar-refractivity contribution < 1.29 is 9.52 Å². The Hall–Kier alpha value is -1.13. The molecule has 0 aliphatic rings. The molecule has 1 heterocycles. The predicted octanol–water partition coefficient (Wildman–Crippen LogP) is 3.03. The van der Waals surface area contributed by atoms with Crippen LogP contribution in [0.25, 0.3) is 11.3 Å². The molecule has 0 unspecified atom stereocenters. The van der Waals surface area contributed by atoms with Crippen LogP contribution in [-0.2, 0) is 6.42 Å². The number of hydrogen-bond donors (Lipinski definition) is 1. The molecule has 2 aromatic rings. The van der Waals surface area contributed by atoms with E-state index in [9.17, 15) is 0 Å². The summed E-state index contributed by atoms with van der Waals surface area (Å²) < 4.78 is 6.61. The lowest BCUT2D eigenvalue weighted by atomic mass is 10.2. The third-order valence-corrected chi connectivity index (χ3v) is 2.76. The molecule has 0 atom stereocenters. The van der Waals surface area contributed by atoms with E-state index in [0.717, 1.165) is 15.8 Å². The fourth-order valence-electron chi connectivity index (χ4n) is 1.40. The second-order valence-electron chi connectivity index (χ2n) is 3.45. The van der Waals surface area contributed by atoms with E-state index in [0.29, 0.717) is 18.7 Å². The Balaban J connectivity index is 2.15. The van der Waals surface area contributed by atoms with Crippen LogP contribution in [0.5, 0.6) is 0 Å².